The van der Waals surface area contributed by atoms with E-state index in [4.69, 9.17) is 10.5 Å². The zero-order valence-corrected chi connectivity index (χ0v) is 10.6. The first-order chi connectivity index (χ1) is 9.38. The summed E-state index contributed by atoms with van der Waals surface area (Å²) in [6, 6.07) is -0.536. The second-order valence-corrected chi connectivity index (χ2v) is 4.61. The van der Waals surface area contributed by atoms with Gasteiger partial charge in [-0.05, 0) is 6.92 Å². The molecule has 1 aromatic rings. The van der Waals surface area contributed by atoms with E-state index in [1.807, 2.05) is 0 Å². The number of nitrogens with two attached hydrogens (primary N) is 1. The lowest BCUT2D eigenvalue weighted by atomic mass is 10.1. The van der Waals surface area contributed by atoms with Crippen LogP contribution in [0, 0.1) is 29.1 Å². The number of anilines is 1. The fraction of sp³-hybridized carbons (Fsp3) is 0.500. The van der Waals surface area contributed by atoms with E-state index >= 15 is 0 Å². The Labute approximate surface area is 112 Å². The Balaban J connectivity index is 2.51. The molecular weight excluding hydrogens is 283 g/mol. The first-order valence-electron chi connectivity index (χ1n) is 5.98. The first kappa shape index (κ1) is 15.0. The lowest BCUT2D eigenvalue weighted by Crippen LogP contribution is -2.51. The van der Waals surface area contributed by atoms with E-state index in [1.54, 1.807) is 6.92 Å². The fourth-order valence-electron chi connectivity index (χ4n) is 2.12. The van der Waals surface area contributed by atoms with Crippen molar-refractivity contribution in [3.8, 4) is 0 Å². The average molecular weight is 296 g/mol. The van der Waals surface area contributed by atoms with Crippen LogP contribution >= 0.6 is 0 Å². The van der Waals surface area contributed by atoms with E-state index in [1.165, 1.54) is 0 Å². The molecule has 0 aromatic heterocycles. The molecule has 1 aliphatic heterocycles. The minimum absolute atomic E-state index is 0.0456. The highest BCUT2D eigenvalue weighted by Gasteiger charge is 2.34. The van der Waals surface area contributed by atoms with Gasteiger partial charge >= 0.3 is 0 Å². The summed E-state index contributed by atoms with van der Waals surface area (Å²) in [6.45, 7) is 1.68. The van der Waals surface area contributed by atoms with Crippen LogP contribution in [0.1, 0.15) is 6.92 Å². The second kappa shape index (κ2) is 5.53. The highest BCUT2D eigenvalue weighted by molar-refractivity contribution is 5.52. The largest absolute Gasteiger partial charge is 0.373 e. The molecule has 0 saturated carbocycles. The third kappa shape index (κ3) is 2.33. The summed E-state index contributed by atoms with van der Waals surface area (Å²) in [4.78, 5) is 1.09. The van der Waals surface area contributed by atoms with Crippen LogP contribution in [0.2, 0.25) is 0 Å². The maximum atomic E-state index is 13.8. The number of hydrogen-bond acceptors (Lipinski definition) is 3. The highest BCUT2D eigenvalue weighted by Crippen LogP contribution is 2.32. The lowest BCUT2D eigenvalue weighted by Gasteiger charge is -2.39. The Morgan fingerprint density at radius 2 is 1.55 bits per heavy atom. The second-order valence-electron chi connectivity index (χ2n) is 4.61. The molecule has 8 heteroatoms. The van der Waals surface area contributed by atoms with Crippen molar-refractivity contribution in [3.63, 3.8) is 0 Å². The van der Waals surface area contributed by atoms with Crippen LogP contribution in [-0.2, 0) is 4.74 Å². The molecule has 1 heterocycles. The summed E-state index contributed by atoms with van der Waals surface area (Å²) in [5, 5.41) is 0. The predicted octanol–water partition coefficient (Wildman–Crippen LogP) is 1.93. The number of rotatable bonds is 2. The Kier molecular flexibility index (Phi) is 4.14. The molecule has 2 unspecified atom stereocenters. The zero-order valence-electron chi connectivity index (χ0n) is 10.6. The molecule has 0 aliphatic carbocycles. The molecule has 3 nitrogen and oxygen atoms in total. The normalized spacial score (nSPS) is 23.2. The van der Waals surface area contributed by atoms with Crippen LogP contribution in [-0.4, -0.2) is 31.8 Å². The zero-order chi connectivity index (χ0) is 15.0. The van der Waals surface area contributed by atoms with Crippen LogP contribution in [0.5, 0.6) is 0 Å². The summed E-state index contributed by atoms with van der Waals surface area (Å²) in [6.07, 6.45) is -0.527. The van der Waals surface area contributed by atoms with Crippen LogP contribution < -0.4 is 10.6 Å². The molecule has 2 N–H and O–H groups in total. The number of benzene rings is 1. The van der Waals surface area contributed by atoms with Gasteiger partial charge in [0.2, 0.25) is 5.82 Å². The number of nitrogens with zero attached hydrogens (tertiary/aromatic N) is 1. The minimum Gasteiger partial charge on any atom is -0.373 e. The molecule has 2 rings (SSSR count). The van der Waals surface area contributed by atoms with Gasteiger partial charge in [-0.1, -0.05) is 0 Å². The maximum Gasteiger partial charge on any atom is 0.200 e. The van der Waals surface area contributed by atoms with Crippen molar-refractivity contribution in [1.29, 1.82) is 0 Å². The number of ether oxygens (including phenoxy) is 1. The molecule has 0 radical (unpaired) electrons. The van der Waals surface area contributed by atoms with Gasteiger partial charge in [-0.3, -0.25) is 0 Å². The number of morpholine rings is 1. The van der Waals surface area contributed by atoms with Gasteiger partial charge in [-0.25, -0.2) is 22.0 Å². The van der Waals surface area contributed by atoms with Gasteiger partial charge in [0, 0.05) is 19.1 Å². The van der Waals surface area contributed by atoms with Gasteiger partial charge < -0.3 is 15.4 Å². The molecule has 20 heavy (non-hydrogen) atoms. The molecule has 1 saturated heterocycles. The Bertz CT molecular complexity index is 496. The fourth-order valence-corrected chi connectivity index (χ4v) is 2.12. The molecule has 1 aromatic carbocycles. The molecule has 0 amide bonds. The van der Waals surface area contributed by atoms with Gasteiger partial charge in [0.05, 0.1) is 12.7 Å². The Morgan fingerprint density at radius 1 is 1.05 bits per heavy atom. The van der Waals surface area contributed by atoms with Crippen molar-refractivity contribution in [1.82, 2.24) is 0 Å². The van der Waals surface area contributed by atoms with Gasteiger partial charge in [0.25, 0.3) is 0 Å². The molecule has 1 aliphatic rings. The quantitative estimate of drug-likeness (QED) is 0.515. The average Bonchev–Trinajstić information content (AvgIpc) is 2.45. The number of halogens is 5. The highest BCUT2D eigenvalue weighted by atomic mass is 19.2. The van der Waals surface area contributed by atoms with Crippen molar-refractivity contribution in [2.45, 2.75) is 19.1 Å². The van der Waals surface area contributed by atoms with Crippen molar-refractivity contribution in [3.05, 3.63) is 29.1 Å². The van der Waals surface area contributed by atoms with Gasteiger partial charge in [0.15, 0.2) is 23.3 Å². The van der Waals surface area contributed by atoms with E-state index < -0.39 is 46.9 Å². The minimum atomic E-state index is -2.17. The Morgan fingerprint density at radius 3 is 2.05 bits per heavy atom. The van der Waals surface area contributed by atoms with Crippen molar-refractivity contribution in [2.24, 2.45) is 5.73 Å². The molecule has 0 bridgehead atoms. The van der Waals surface area contributed by atoms with E-state index in [2.05, 4.69) is 0 Å². The summed E-state index contributed by atoms with van der Waals surface area (Å²) in [5.74, 6) is -9.76. The van der Waals surface area contributed by atoms with Crippen LogP contribution in [0.3, 0.4) is 0 Å². The van der Waals surface area contributed by atoms with Crippen molar-refractivity contribution < 1.29 is 26.7 Å². The topological polar surface area (TPSA) is 38.5 Å². The van der Waals surface area contributed by atoms with Gasteiger partial charge in [-0.2, -0.15) is 0 Å². The number of hydrogen-bond donors (Lipinski definition) is 1. The molecule has 112 valence electrons. The molecule has 1 fully saturated rings. The molecule has 2 atom stereocenters. The summed E-state index contributed by atoms with van der Waals surface area (Å²) in [5.41, 5.74) is 4.47. The predicted molar refractivity (Wildman–Crippen MR) is 61.8 cm³/mol. The smallest absolute Gasteiger partial charge is 0.200 e. The van der Waals surface area contributed by atoms with Crippen LogP contribution in [0.4, 0.5) is 27.6 Å². The Hall–Kier alpha value is -1.41. The van der Waals surface area contributed by atoms with E-state index in [9.17, 15) is 22.0 Å². The summed E-state index contributed by atoms with van der Waals surface area (Å²) in [7, 11) is 0. The lowest BCUT2D eigenvalue weighted by molar-refractivity contribution is 0.0276. The van der Waals surface area contributed by atoms with Crippen LogP contribution in [0.25, 0.3) is 0 Å². The third-order valence-corrected chi connectivity index (χ3v) is 3.24. The summed E-state index contributed by atoms with van der Waals surface area (Å²) >= 11 is 0. The van der Waals surface area contributed by atoms with Crippen molar-refractivity contribution >= 4 is 5.69 Å². The van der Waals surface area contributed by atoms with E-state index in [0.717, 1.165) is 4.90 Å². The van der Waals surface area contributed by atoms with Gasteiger partial charge in [-0.15, -0.1) is 0 Å². The standard InChI is InChI=1S/C12H13F5N2O/c1-5-4-20-6(2-18)3-19(5)12-10(16)8(14)7(13)9(15)11(12)17/h5-6H,2-4,18H2,1H3. The summed E-state index contributed by atoms with van der Waals surface area (Å²) < 4.78 is 72.2. The monoisotopic (exact) mass is 296 g/mol. The van der Waals surface area contributed by atoms with E-state index in [0.29, 0.717) is 0 Å². The third-order valence-electron chi connectivity index (χ3n) is 3.24. The van der Waals surface area contributed by atoms with Crippen molar-refractivity contribution in [2.75, 3.05) is 24.6 Å². The first-order valence-corrected chi connectivity index (χ1v) is 5.98. The van der Waals surface area contributed by atoms with E-state index in [-0.39, 0.29) is 19.7 Å². The maximum absolute atomic E-state index is 13.8. The molecular formula is C12H13F5N2O. The molecule has 0 spiro atoms. The van der Waals surface area contributed by atoms with Gasteiger partial charge in [0.1, 0.15) is 5.69 Å². The SMILES string of the molecule is CC1COC(CN)CN1c1c(F)c(F)c(F)c(F)c1F. The van der Waals surface area contributed by atoms with Crippen LogP contribution in [0.15, 0.2) is 0 Å².